The highest BCUT2D eigenvalue weighted by molar-refractivity contribution is 5.98. The van der Waals surface area contributed by atoms with E-state index in [4.69, 9.17) is 21.5 Å². The van der Waals surface area contributed by atoms with Gasteiger partial charge in [0.1, 0.15) is 35.1 Å². The van der Waals surface area contributed by atoms with E-state index in [-0.39, 0.29) is 23.0 Å². The van der Waals surface area contributed by atoms with E-state index in [1.165, 1.54) is 32.4 Å². The summed E-state index contributed by atoms with van der Waals surface area (Å²) in [6, 6.07) is 9.02. The largest absolute Gasteiger partial charge is 0.494 e. The van der Waals surface area contributed by atoms with Crippen LogP contribution in [0, 0.1) is 22.8 Å². The topological polar surface area (TPSA) is 161 Å². The highest BCUT2D eigenvalue weighted by atomic mass is 16.5. The second-order valence-corrected chi connectivity index (χ2v) is 8.43. The van der Waals surface area contributed by atoms with Gasteiger partial charge >= 0.3 is 0 Å². The summed E-state index contributed by atoms with van der Waals surface area (Å²) in [5.41, 5.74) is 13.9. The van der Waals surface area contributed by atoms with Crippen molar-refractivity contribution in [1.82, 2.24) is 15.2 Å². The molecule has 2 aliphatic heterocycles. The van der Waals surface area contributed by atoms with E-state index in [2.05, 4.69) is 25.5 Å². The summed E-state index contributed by atoms with van der Waals surface area (Å²) in [5, 5.41) is 23.9. The summed E-state index contributed by atoms with van der Waals surface area (Å²) in [5.74, 6) is 1.38. The molecule has 0 bridgehead atoms. The molecule has 1 saturated heterocycles. The molecule has 0 saturated carbocycles. The van der Waals surface area contributed by atoms with Gasteiger partial charge in [-0.25, -0.2) is 9.98 Å². The van der Waals surface area contributed by atoms with E-state index in [0.717, 1.165) is 30.7 Å². The first-order chi connectivity index (χ1) is 16.6. The zero-order chi connectivity index (χ0) is 23.9. The molecule has 176 valence electrons. The Hall–Kier alpha value is -4.02. The Labute approximate surface area is 199 Å². The zero-order valence-electron chi connectivity index (χ0n) is 19.0. The van der Waals surface area contributed by atoms with Gasteiger partial charge in [-0.1, -0.05) is 18.6 Å². The second-order valence-electron chi connectivity index (χ2n) is 8.43. The monoisotopic (exact) mass is 459 g/mol. The average molecular weight is 460 g/mol. The van der Waals surface area contributed by atoms with Crippen molar-refractivity contribution in [3.05, 3.63) is 41.0 Å². The molecule has 0 spiro atoms. The first-order valence-corrected chi connectivity index (χ1v) is 11.5. The predicted octanol–water partition coefficient (Wildman–Crippen LogP) is 2.70. The fraction of sp³-hybridized carbons (Fsp3) is 0.417. The molecule has 10 heteroatoms. The Morgan fingerprint density at radius 3 is 2.59 bits per heavy atom. The summed E-state index contributed by atoms with van der Waals surface area (Å²) < 4.78 is 5.92. The number of nitrogens with two attached hydrogens (primary N) is 2. The van der Waals surface area contributed by atoms with E-state index < -0.39 is 6.04 Å². The number of anilines is 3. The number of nitrogens with zero attached hydrogens (tertiary/aromatic N) is 5. The van der Waals surface area contributed by atoms with Gasteiger partial charge in [-0.2, -0.15) is 10.5 Å². The van der Waals surface area contributed by atoms with Crippen LogP contribution < -0.4 is 26.8 Å². The van der Waals surface area contributed by atoms with E-state index in [1.807, 2.05) is 36.5 Å². The lowest BCUT2D eigenvalue weighted by Crippen LogP contribution is -2.32. The van der Waals surface area contributed by atoms with E-state index in [1.54, 1.807) is 0 Å². The number of rotatable bonds is 7. The lowest BCUT2D eigenvalue weighted by atomic mass is 9.95. The number of nitriles is 2. The van der Waals surface area contributed by atoms with Crippen LogP contribution in [0.5, 0.6) is 5.75 Å². The molecule has 2 aliphatic rings. The number of nitrogens with one attached hydrogen (secondary N) is 2. The number of guanidine groups is 1. The van der Waals surface area contributed by atoms with Gasteiger partial charge in [0, 0.05) is 5.56 Å². The van der Waals surface area contributed by atoms with Crippen LogP contribution in [-0.2, 0) is 0 Å². The van der Waals surface area contributed by atoms with Gasteiger partial charge in [-0.3, -0.25) is 5.32 Å². The quantitative estimate of drug-likeness (QED) is 0.277. The second kappa shape index (κ2) is 10.7. The predicted molar refractivity (Wildman–Crippen MR) is 131 cm³/mol. The third-order valence-electron chi connectivity index (χ3n) is 6.14. The first-order valence-electron chi connectivity index (χ1n) is 11.5. The number of fused-ring (bicyclic) bond motifs is 1. The highest BCUT2D eigenvalue weighted by Gasteiger charge is 2.29. The molecule has 10 nitrogen and oxygen atoms in total. The van der Waals surface area contributed by atoms with Gasteiger partial charge < -0.3 is 26.4 Å². The maximum Gasteiger partial charge on any atom is 0.211 e. The summed E-state index contributed by atoms with van der Waals surface area (Å²) >= 11 is 0. The smallest absolute Gasteiger partial charge is 0.211 e. The lowest BCUT2D eigenvalue weighted by Gasteiger charge is -2.26. The van der Waals surface area contributed by atoms with Crippen LogP contribution in [-0.4, -0.2) is 42.1 Å². The van der Waals surface area contributed by atoms with Crippen LogP contribution in [0.15, 0.2) is 29.3 Å². The van der Waals surface area contributed by atoms with Crippen LogP contribution in [0.25, 0.3) is 0 Å². The summed E-state index contributed by atoms with van der Waals surface area (Å²) in [7, 11) is 0. The van der Waals surface area contributed by atoms with Crippen LogP contribution in [0.1, 0.15) is 54.8 Å². The molecule has 1 aromatic heterocycles. The van der Waals surface area contributed by atoms with Crippen LogP contribution >= 0.6 is 0 Å². The number of hydrogen-bond donors (Lipinski definition) is 4. The minimum Gasteiger partial charge on any atom is -0.494 e. The van der Waals surface area contributed by atoms with Gasteiger partial charge in [0.05, 0.1) is 12.3 Å². The van der Waals surface area contributed by atoms with Crippen molar-refractivity contribution in [3.8, 4) is 18.0 Å². The Kier molecular flexibility index (Phi) is 7.31. The number of benzene rings is 1. The summed E-state index contributed by atoms with van der Waals surface area (Å²) in [6.07, 6.45) is 7.97. The maximum absolute atomic E-state index is 9.44. The Morgan fingerprint density at radius 2 is 1.88 bits per heavy atom. The van der Waals surface area contributed by atoms with Crippen molar-refractivity contribution in [2.75, 3.05) is 43.0 Å². The maximum atomic E-state index is 9.44. The number of piperidine rings is 1. The molecule has 0 aliphatic carbocycles. The zero-order valence-corrected chi connectivity index (χ0v) is 19.0. The number of pyridine rings is 1. The van der Waals surface area contributed by atoms with Crippen LogP contribution in [0.3, 0.4) is 0 Å². The number of likely N-dealkylation sites (tertiary alicyclic amines) is 1. The Bertz CT molecular complexity index is 1130. The number of aromatic nitrogens is 1. The van der Waals surface area contributed by atoms with Crippen molar-refractivity contribution in [1.29, 1.82) is 10.5 Å². The molecule has 6 N–H and O–H groups in total. The van der Waals surface area contributed by atoms with Gasteiger partial charge in [0.15, 0.2) is 6.19 Å². The molecule has 1 aromatic carbocycles. The molecule has 1 unspecified atom stereocenters. The molecule has 0 amide bonds. The number of aliphatic imine (C=N–C) groups is 1. The van der Waals surface area contributed by atoms with Crippen molar-refractivity contribution in [2.45, 2.75) is 38.1 Å². The minimum absolute atomic E-state index is 0.0206. The highest BCUT2D eigenvalue weighted by Crippen LogP contribution is 2.40. The first kappa shape index (κ1) is 23.1. The fourth-order valence-corrected chi connectivity index (χ4v) is 4.38. The van der Waals surface area contributed by atoms with E-state index in [9.17, 15) is 5.26 Å². The molecule has 1 atom stereocenters. The van der Waals surface area contributed by atoms with Gasteiger partial charge in [0.2, 0.25) is 5.96 Å². The van der Waals surface area contributed by atoms with Crippen LogP contribution in [0.4, 0.5) is 17.3 Å². The molecule has 4 rings (SSSR count). The lowest BCUT2D eigenvalue weighted by molar-refractivity contribution is 0.216. The van der Waals surface area contributed by atoms with Gasteiger partial charge in [0.25, 0.3) is 0 Å². The number of nitrogen functional groups attached to an aromatic ring is 2. The third kappa shape index (κ3) is 5.13. The molecule has 0 radical (unpaired) electrons. The average Bonchev–Trinajstić information content (AvgIpc) is 2.85. The van der Waals surface area contributed by atoms with Crippen molar-refractivity contribution < 1.29 is 4.74 Å². The number of hydrogen-bond acceptors (Lipinski definition) is 10. The SMILES string of the molecule is N#CNC1=NC(c2ccc(OCCCCN3CCCCC3)cc2)c2c(nc(N)c(C#N)c2N)N1. The standard InChI is InChI=1S/C24H29N9O/c25-14-18-20(27)19-21(30-24(29-15-26)32-23(19)31-22(18)28)16-6-8-17(9-7-16)34-13-5-4-12-33-10-2-1-3-11-33/h6-9,21H,1-5,10-13H2,(H6,27,28,29,30,31,32). The molecule has 3 heterocycles. The number of ether oxygens (including phenoxy) is 1. The molecule has 2 aromatic rings. The minimum atomic E-state index is -0.564. The Balaban J connectivity index is 1.44. The summed E-state index contributed by atoms with van der Waals surface area (Å²) in [6.45, 7) is 4.25. The fourth-order valence-electron chi connectivity index (χ4n) is 4.38. The number of unbranched alkanes of at least 4 members (excludes halogenated alkanes) is 1. The normalized spacial score (nSPS) is 17.5. The van der Waals surface area contributed by atoms with Crippen molar-refractivity contribution >= 4 is 23.3 Å². The molecular weight excluding hydrogens is 430 g/mol. The third-order valence-corrected chi connectivity index (χ3v) is 6.14. The molecule has 34 heavy (non-hydrogen) atoms. The van der Waals surface area contributed by atoms with Gasteiger partial charge in [-0.05, 0) is 63.0 Å². The van der Waals surface area contributed by atoms with Crippen molar-refractivity contribution in [3.63, 3.8) is 0 Å². The van der Waals surface area contributed by atoms with Crippen molar-refractivity contribution in [2.24, 2.45) is 4.99 Å². The van der Waals surface area contributed by atoms with Gasteiger partial charge in [-0.15, -0.1) is 0 Å². The van der Waals surface area contributed by atoms with E-state index in [0.29, 0.717) is 18.0 Å². The molecular formula is C24H29N9O. The van der Waals surface area contributed by atoms with Crippen LogP contribution in [0.2, 0.25) is 0 Å². The molecule has 1 fully saturated rings. The van der Waals surface area contributed by atoms with E-state index >= 15 is 0 Å². The Morgan fingerprint density at radius 1 is 1.12 bits per heavy atom. The summed E-state index contributed by atoms with van der Waals surface area (Å²) in [4.78, 5) is 11.4.